The highest BCUT2D eigenvalue weighted by molar-refractivity contribution is 7.09. The van der Waals surface area contributed by atoms with Crippen LogP contribution in [0.1, 0.15) is 22.2 Å². The Labute approximate surface area is 125 Å². The number of hydrogen-bond acceptors (Lipinski definition) is 5. The van der Waals surface area contributed by atoms with Crippen LogP contribution in [0.2, 0.25) is 0 Å². The fourth-order valence-corrected chi connectivity index (χ4v) is 2.74. The topological polar surface area (TPSA) is 83.7 Å². The van der Waals surface area contributed by atoms with Gasteiger partial charge >= 0.3 is 5.97 Å². The van der Waals surface area contributed by atoms with E-state index in [1.54, 1.807) is 17.4 Å². The molecule has 0 atom stereocenters. The third-order valence-corrected chi connectivity index (χ3v) is 3.94. The zero-order valence-corrected chi connectivity index (χ0v) is 12.2. The lowest BCUT2D eigenvalue weighted by Crippen LogP contribution is -2.21. The summed E-state index contributed by atoms with van der Waals surface area (Å²) in [5.74, 6) is -1.30. The Morgan fingerprint density at radius 1 is 1.43 bits per heavy atom. The highest BCUT2D eigenvalue weighted by atomic mass is 32.1. The van der Waals surface area contributed by atoms with Crippen LogP contribution in [0, 0.1) is 10.1 Å². The van der Waals surface area contributed by atoms with Gasteiger partial charge in [0, 0.05) is 23.2 Å². The van der Waals surface area contributed by atoms with Gasteiger partial charge in [-0.3, -0.25) is 10.1 Å². The van der Waals surface area contributed by atoms with E-state index in [0.29, 0.717) is 18.8 Å². The van der Waals surface area contributed by atoms with Crippen molar-refractivity contribution in [3.63, 3.8) is 0 Å². The normalized spacial score (nSPS) is 10.3. The SMILES string of the molecule is CCN(Cc1cccs1)c1ccc(C(=O)O)c([N+](=O)[O-])c1. The lowest BCUT2D eigenvalue weighted by molar-refractivity contribution is -0.385. The molecule has 110 valence electrons. The Morgan fingerprint density at radius 3 is 2.71 bits per heavy atom. The quantitative estimate of drug-likeness (QED) is 0.653. The van der Waals surface area contributed by atoms with Crippen LogP contribution in [-0.2, 0) is 6.54 Å². The van der Waals surface area contributed by atoms with E-state index in [9.17, 15) is 14.9 Å². The molecule has 2 aromatic rings. The maximum Gasteiger partial charge on any atom is 0.342 e. The van der Waals surface area contributed by atoms with E-state index in [4.69, 9.17) is 5.11 Å². The molecule has 0 bridgehead atoms. The van der Waals surface area contributed by atoms with E-state index in [1.165, 1.54) is 12.1 Å². The molecule has 1 aromatic carbocycles. The van der Waals surface area contributed by atoms with Crippen molar-refractivity contribution in [3.8, 4) is 0 Å². The summed E-state index contributed by atoms with van der Waals surface area (Å²) >= 11 is 1.61. The van der Waals surface area contributed by atoms with Gasteiger partial charge in [-0.05, 0) is 30.5 Å². The van der Waals surface area contributed by atoms with Crippen molar-refractivity contribution in [1.82, 2.24) is 0 Å². The minimum absolute atomic E-state index is 0.295. The number of anilines is 1. The van der Waals surface area contributed by atoms with Crippen LogP contribution in [0.3, 0.4) is 0 Å². The molecule has 0 aliphatic carbocycles. The van der Waals surface area contributed by atoms with Gasteiger partial charge in [0.2, 0.25) is 0 Å². The van der Waals surface area contributed by atoms with Crippen molar-refractivity contribution in [1.29, 1.82) is 0 Å². The molecule has 1 aromatic heterocycles. The highest BCUT2D eigenvalue weighted by Gasteiger charge is 2.21. The zero-order chi connectivity index (χ0) is 15.4. The van der Waals surface area contributed by atoms with Crippen LogP contribution in [0.15, 0.2) is 35.7 Å². The summed E-state index contributed by atoms with van der Waals surface area (Å²) in [6.07, 6.45) is 0. The molecule has 0 spiro atoms. The standard InChI is InChI=1S/C14H14N2O4S/c1-2-15(9-11-4-3-7-21-11)10-5-6-12(14(17)18)13(8-10)16(19)20/h3-8H,2,9H2,1H3,(H,17,18). The first kappa shape index (κ1) is 15.0. The number of carbonyl (C=O) groups is 1. The summed E-state index contributed by atoms with van der Waals surface area (Å²) in [6.45, 7) is 3.25. The Morgan fingerprint density at radius 2 is 2.19 bits per heavy atom. The maximum atomic E-state index is 11.0. The highest BCUT2D eigenvalue weighted by Crippen LogP contribution is 2.27. The van der Waals surface area contributed by atoms with Gasteiger partial charge in [0.05, 0.1) is 11.5 Å². The van der Waals surface area contributed by atoms with Crippen molar-refractivity contribution in [2.45, 2.75) is 13.5 Å². The van der Waals surface area contributed by atoms with Crippen molar-refractivity contribution < 1.29 is 14.8 Å². The van der Waals surface area contributed by atoms with Gasteiger partial charge in [-0.15, -0.1) is 11.3 Å². The third-order valence-electron chi connectivity index (χ3n) is 3.08. The molecule has 1 heterocycles. The van der Waals surface area contributed by atoms with Gasteiger partial charge < -0.3 is 10.0 Å². The fraction of sp³-hybridized carbons (Fsp3) is 0.214. The second-order valence-corrected chi connectivity index (χ2v) is 5.39. The molecule has 0 aliphatic heterocycles. The number of carboxylic acids is 1. The molecule has 0 unspecified atom stereocenters. The van der Waals surface area contributed by atoms with Crippen molar-refractivity contribution >= 4 is 28.7 Å². The number of thiophene rings is 1. The summed E-state index contributed by atoms with van der Waals surface area (Å²) in [4.78, 5) is 24.5. The van der Waals surface area contributed by atoms with Crippen LogP contribution < -0.4 is 4.90 Å². The molecule has 7 heteroatoms. The van der Waals surface area contributed by atoms with Gasteiger partial charge in [0.1, 0.15) is 5.56 Å². The summed E-state index contributed by atoms with van der Waals surface area (Å²) in [6, 6.07) is 8.15. The molecule has 0 radical (unpaired) electrons. The van der Waals surface area contributed by atoms with Crippen LogP contribution >= 0.6 is 11.3 Å². The number of nitro groups is 1. The lowest BCUT2D eigenvalue weighted by Gasteiger charge is -2.22. The van der Waals surface area contributed by atoms with Crippen molar-refractivity contribution in [3.05, 3.63) is 56.3 Å². The fourth-order valence-electron chi connectivity index (χ4n) is 2.02. The molecule has 0 saturated heterocycles. The van der Waals surface area contributed by atoms with Crippen LogP contribution in [-0.4, -0.2) is 22.5 Å². The Balaban J connectivity index is 2.35. The summed E-state index contributed by atoms with van der Waals surface area (Å²) < 4.78 is 0. The first-order valence-corrected chi connectivity index (χ1v) is 7.20. The van der Waals surface area contributed by atoms with E-state index in [1.807, 2.05) is 29.3 Å². The molecule has 6 nitrogen and oxygen atoms in total. The Kier molecular flexibility index (Phi) is 4.54. The summed E-state index contributed by atoms with van der Waals surface area (Å²) in [5.41, 5.74) is -0.0387. The minimum Gasteiger partial charge on any atom is -0.477 e. The van der Waals surface area contributed by atoms with Crippen molar-refractivity contribution in [2.75, 3.05) is 11.4 Å². The van der Waals surface area contributed by atoms with Gasteiger partial charge in [-0.25, -0.2) is 4.79 Å². The molecular weight excluding hydrogens is 292 g/mol. The average molecular weight is 306 g/mol. The van der Waals surface area contributed by atoms with Gasteiger partial charge in [0.15, 0.2) is 0 Å². The smallest absolute Gasteiger partial charge is 0.342 e. The predicted molar refractivity (Wildman–Crippen MR) is 81.1 cm³/mol. The molecule has 1 N–H and O–H groups in total. The number of aromatic carboxylic acids is 1. The number of rotatable bonds is 6. The molecule has 2 rings (SSSR count). The first-order chi connectivity index (χ1) is 10.0. The first-order valence-electron chi connectivity index (χ1n) is 6.32. The van der Waals surface area contributed by atoms with E-state index in [-0.39, 0.29) is 11.3 Å². The maximum absolute atomic E-state index is 11.0. The summed E-state index contributed by atoms with van der Waals surface area (Å²) in [5, 5.41) is 22.0. The number of carboxylic acid groups (broad SMARTS) is 1. The molecule has 0 aliphatic rings. The zero-order valence-electron chi connectivity index (χ0n) is 11.4. The molecular formula is C14H14N2O4S. The predicted octanol–water partition coefficient (Wildman–Crippen LogP) is 3.38. The molecule has 0 amide bonds. The monoisotopic (exact) mass is 306 g/mol. The largest absolute Gasteiger partial charge is 0.477 e. The van der Waals surface area contributed by atoms with E-state index < -0.39 is 10.9 Å². The minimum atomic E-state index is -1.30. The number of benzene rings is 1. The molecule has 0 saturated carbocycles. The van der Waals surface area contributed by atoms with E-state index >= 15 is 0 Å². The Bertz CT molecular complexity index is 655. The number of nitro benzene ring substituents is 1. The van der Waals surface area contributed by atoms with E-state index in [0.717, 1.165) is 4.88 Å². The summed E-state index contributed by atoms with van der Waals surface area (Å²) in [7, 11) is 0. The van der Waals surface area contributed by atoms with Gasteiger partial charge in [0.25, 0.3) is 5.69 Å². The van der Waals surface area contributed by atoms with Crippen LogP contribution in [0.5, 0.6) is 0 Å². The average Bonchev–Trinajstić information content (AvgIpc) is 2.97. The second kappa shape index (κ2) is 6.36. The van der Waals surface area contributed by atoms with Gasteiger partial charge in [-0.1, -0.05) is 6.07 Å². The van der Waals surface area contributed by atoms with Crippen molar-refractivity contribution in [2.24, 2.45) is 0 Å². The van der Waals surface area contributed by atoms with Crippen LogP contribution in [0.4, 0.5) is 11.4 Å². The van der Waals surface area contributed by atoms with Gasteiger partial charge in [-0.2, -0.15) is 0 Å². The molecule has 0 fully saturated rings. The number of nitrogens with zero attached hydrogens (tertiary/aromatic N) is 2. The molecule has 21 heavy (non-hydrogen) atoms. The van der Waals surface area contributed by atoms with Crippen LogP contribution in [0.25, 0.3) is 0 Å². The van der Waals surface area contributed by atoms with E-state index in [2.05, 4.69) is 0 Å². The third kappa shape index (κ3) is 3.38. The second-order valence-electron chi connectivity index (χ2n) is 4.36. The lowest BCUT2D eigenvalue weighted by atomic mass is 10.1. The number of hydrogen-bond donors (Lipinski definition) is 1. The Hall–Kier alpha value is -2.41.